The van der Waals surface area contributed by atoms with Gasteiger partial charge in [0.15, 0.2) is 12.4 Å². The number of benzene rings is 3. The fourth-order valence-electron chi connectivity index (χ4n) is 3.08. The second kappa shape index (κ2) is 9.86. The van der Waals surface area contributed by atoms with E-state index in [1.54, 1.807) is 25.1 Å². The number of hydrogen-bond donors (Lipinski definition) is 2. The van der Waals surface area contributed by atoms with Gasteiger partial charge in [-0.25, -0.2) is 8.78 Å². The second-order valence-electron chi connectivity index (χ2n) is 7.07. The largest absolute Gasteiger partial charge is 0.483 e. The van der Waals surface area contributed by atoms with Crippen molar-refractivity contribution in [3.63, 3.8) is 0 Å². The third-order valence-corrected chi connectivity index (χ3v) is 4.70. The number of halogens is 2. The van der Waals surface area contributed by atoms with Gasteiger partial charge in [0.25, 0.3) is 11.8 Å². The van der Waals surface area contributed by atoms with Gasteiger partial charge in [0.1, 0.15) is 23.1 Å². The van der Waals surface area contributed by atoms with E-state index < -0.39 is 30.1 Å². The zero-order valence-electron chi connectivity index (χ0n) is 17.8. The summed E-state index contributed by atoms with van der Waals surface area (Å²) in [6.45, 7) is 1.17. The van der Waals surface area contributed by atoms with E-state index in [9.17, 15) is 18.4 Å². The fraction of sp³-hybridized carbons (Fsp3) is 0.0870. The predicted molar refractivity (Wildman–Crippen MR) is 119 cm³/mol. The highest BCUT2D eigenvalue weighted by molar-refractivity contribution is 6.06. The Labute approximate surface area is 192 Å². The number of nitrogens with one attached hydrogen (secondary N) is 2. The van der Waals surface area contributed by atoms with Gasteiger partial charge in [0.05, 0.1) is 11.3 Å². The quantitative estimate of drug-likeness (QED) is 0.433. The van der Waals surface area contributed by atoms with Gasteiger partial charge >= 0.3 is 0 Å². The Kier molecular flexibility index (Phi) is 6.53. The Morgan fingerprint density at radius 2 is 1.74 bits per heavy atom. The lowest BCUT2D eigenvalue weighted by molar-refractivity contribution is -0.118. The lowest BCUT2D eigenvalue weighted by atomic mass is 10.1. The number of aromatic nitrogens is 4. The molecule has 1 heterocycles. The standard InChI is InChI=1S/C23H18F2N6O3/c1-14-28-29-30-31(14)20-12-15(10-11-18(20)25)26-23(33)16-6-2-5-9-21(16)34-13-22(32)27-19-8-4-3-7-17(19)24/h2-12H,13H2,1H3,(H,26,33)(H,27,32). The van der Waals surface area contributed by atoms with Crippen molar-refractivity contribution in [1.82, 2.24) is 20.2 Å². The number of tetrazole rings is 1. The van der Waals surface area contributed by atoms with Gasteiger partial charge in [-0.2, -0.15) is 4.68 Å². The first kappa shape index (κ1) is 22.5. The SMILES string of the molecule is Cc1nnnn1-c1cc(NC(=O)c2ccccc2OCC(=O)Nc2ccccc2F)ccc1F. The highest BCUT2D eigenvalue weighted by atomic mass is 19.1. The maximum absolute atomic E-state index is 14.3. The van der Waals surface area contributed by atoms with Crippen LogP contribution >= 0.6 is 0 Å². The molecule has 4 aromatic rings. The summed E-state index contributed by atoms with van der Waals surface area (Å²) in [5, 5.41) is 16.0. The van der Waals surface area contributed by atoms with Crippen LogP contribution in [-0.2, 0) is 4.79 Å². The Morgan fingerprint density at radius 3 is 2.50 bits per heavy atom. The highest BCUT2D eigenvalue weighted by Gasteiger charge is 2.16. The molecule has 0 atom stereocenters. The van der Waals surface area contributed by atoms with Crippen LogP contribution in [0.1, 0.15) is 16.2 Å². The third kappa shape index (κ3) is 5.04. The number of hydrogen-bond acceptors (Lipinski definition) is 6. The average molecular weight is 464 g/mol. The molecule has 172 valence electrons. The highest BCUT2D eigenvalue weighted by Crippen LogP contribution is 2.23. The maximum atomic E-state index is 14.3. The minimum atomic E-state index is -0.597. The van der Waals surface area contributed by atoms with Crippen molar-refractivity contribution >= 4 is 23.2 Å². The molecule has 1 aromatic heterocycles. The predicted octanol–water partition coefficient (Wildman–Crippen LogP) is 3.52. The summed E-state index contributed by atoms with van der Waals surface area (Å²) in [5.41, 5.74) is 0.524. The van der Waals surface area contributed by atoms with Crippen LogP contribution in [0, 0.1) is 18.6 Å². The van der Waals surface area contributed by atoms with E-state index in [0.29, 0.717) is 11.5 Å². The molecule has 0 aliphatic rings. The molecular formula is C23H18F2N6O3. The first-order chi connectivity index (χ1) is 16.4. The minimum Gasteiger partial charge on any atom is -0.483 e. The zero-order chi connectivity index (χ0) is 24.1. The second-order valence-corrected chi connectivity index (χ2v) is 7.07. The van der Waals surface area contributed by atoms with E-state index in [4.69, 9.17) is 4.74 Å². The number of nitrogens with zero attached hydrogens (tertiary/aromatic N) is 4. The van der Waals surface area contributed by atoms with E-state index in [1.807, 2.05) is 0 Å². The van der Waals surface area contributed by atoms with Gasteiger partial charge < -0.3 is 15.4 Å². The van der Waals surface area contributed by atoms with E-state index >= 15 is 0 Å². The maximum Gasteiger partial charge on any atom is 0.262 e. The average Bonchev–Trinajstić information content (AvgIpc) is 3.26. The molecule has 0 saturated heterocycles. The van der Waals surface area contributed by atoms with Crippen LogP contribution in [0.5, 0.6) is 5.75 Å². The molecule has 34 heavy (non-hydrogen) atoms. The molecular weight excluding hydrogens is 446 g/mol. The van der Waals surface area contributed by atoms with Crippen LogP contribution in [0.15, 0.2) is 66.7 Å². The summed E-state index contributed by atoms with van der Waals surface area (Å²) in [5.74, 6) is -1.78. The molecule has 3 aromatic carbocycles. The molecule has 2 N–H and O–H groups in total. The van der Waals surface area contributed by atoms with Gasteiger partial charge in [-0.3, -0.25) is 9.59 Å². The van der Waals surface area contributed by atoms with Gasteiger partial charge in [-0.15, -0.1) is 5.10 Å². The van der Waals surface area contributed by atoms with E-state index in [-0.39, 0.29) is 22.7 Å². The monoisotopic (exact) mass is 464 g/mol. The summed E-state index contributed by atoms with van der Waals surface area (Å²) < 4.78 is 34.7. The van der Waals surface area contributed by atoms with Crippen LogP contribution in [0.25, 0.3) is 5.69 Å². The lowest BCUT2D eigenvalue weighted by Gasteiger charge is -2.13. The number of amides is 2. The summed E-state index contributed by atoms with van der Waals surface area (Å²) in [6, 6.07) is 16.0. The van der Waals surface area contributed by atoms with Gasteiger partial charge in [0.2, 0.25) is 0 Å². The number of aryl methyl sites for hydroxylation is 1. The summed E-state index contributed by atoms with van der Waals surface area (Å²) in [4.78, 5) is 25.0. The first-order valence-corrected chi connectivity index (χ1v) is 10.0. The first-order valence-electron chi connectivity index (χ1n) is 10.0. The molecule has 0 spiro atoms. The van der Waals surface area contributed by atoms with Crippen LogP contribution < -0.4 is 15.4 Å². The normalized spacial score (nSPS) is 10.6. The van der Waals surface area contributed by atoms with Crippen molar-refractivity contribution in [2.75, 3.05) is 17.2 Å². The molecule has 9 nitrogen and oxygen atoms in total. The van der Waals surface area contributed by atoms with E-state index in [2.05, 4.69) is 26.2 Å². The van der Waals surface area contributed by atoms with Crippen molar-refractivity contribution in [3.8, 4) is 11.4 Å². The topological polar surface area (TPSA) is 111 Å². The van der Waals surface area contributed by atoms with Crippen LogP contribution in [0.2, 0.25) is 0 Å². The Balaban J connectivity index is 1.46. The van der Waals surface area contributed by atoms with Gasteiger partial charge in [0, 0.05) is 5.69 Å². The number of carbonyl (C=O) groups excluding carboxylic acids is 2. The van der Waals surface area contributed by atoms with Gasteiger partial charge in [-0.1, -0.05) is 24.3 Å². The molecule has 0 bridgehead atoms. The number of carbonyl (C=O) groups is 2. The van der Waals surface area contributed by atoms with E-state index in [0.717, 1.165) is 0 Å². The molecule has 0 radical (unpaired) electrons. The van der Waals surface area contributed by atoms with Crippen LogP contribution in [0.3, 0.4) is 0 Å². The molecule has 4 rings (SSSR count). The smallest absolute Gasteiger partial charge is 0.262 e. The van der Waals surface area contributed by atoms with Crippen LogP contribution in [-0.4, -0.2) is 38.6 Å². The lowest BCUT2D eigenvalue weighted by Crippen LogP contribution is -2.22. The number of rotatable bonds is 7. The summed E-state index contributed by atoms with van der Waals surface area (Å²) >= 11 is 0. The molecule has 11 heteroatoms. The molecule has 0 fully saturated rings. The van der Waals surface area contributed by atoms with Gasteiger partial charge in [-0.05, 0) is 59.8 Å². The molecule has 0 aliphatic carbocycles. The number of para-hydroxylation sites is 2. The molecule has 0 aliphatic heterocycles. The Bertz CT molecular complexity index is 1360. The molecule has 0 unspecified atom stereocenters. The Hall–Kier alpha value is -4.67. The molecule has 0 saturated carbocycles. The Morgan fingerprint density at radius 1 is 0.971 bits per heavy atom. The third-order valence-electron chi connectivity index (χ3n) is 4.70. The number of ether oxygens (including phenoxy) is 1. The van der Waals surface area contributed by atoms with Crippen molar-refractivity contribution < 1.29 is 23.1 Å². The van der Waals surface area contributed by atoms with E-state index in [1.165, 1.54) is 53.2 Å². The van der Waals surface area contributed by atoms with Crippen LogP contribution in [0.4, 0.5) is 20.2 Å². The van der Waals surface area contributed by atoms with Crippen molar-refractivity contribution in [2.45, 2.75) is 6.92 Å². The van der Waals surface area contributed by atoms with Crippen molar-refractivity contribution in [1.29, 1.82) is 0 Å². The fourth-order valence-corrected chi connectivity index (χ4v) is 3.08. The summed E-state index contributed by atoms with van der Waals surface area (Å²) in [7, 11) is 0. The summed E-state index contributed by atoms with van der Waals surface area (Å²) in [6.07, 6.45) is 0. The minimum absolute atomic E-state index is 0.0204. The number of anilines is 2. The molecule has 2 amide bonds. The van der Waals surface area contributed by atoms with Crippen molar-refractivity contribution in [3.05, 3.63) is 89.8 Å². The van der Waals surface area contributed by atoms with Crippen molar-refractivity contribution in [2.24, 2.45) is 0 Å². The zero-order valence-corrected chi connectivity index (χ0v) is 17.8.